The molecular weight excluding hydrogens is 222 g/mol. The van der Waals surface area contributed by atoms with Crippen LogP contribution in [-0.2, 0) is 9.78 Å². The van der Waals surface area contributed by atoms with Gasteiger partial charge in [0.15, 0.2) is 11.1 Å². The van der Waals surface area contributed by atoms with Crippen LogP contribution in [0.3, 0.4) is 0 Å². The summed E-state index contributed by atoms with van der Waals surface area (Å²) in [5, 5.41) is -1.06. The van der Waals surface area contributed by atoms with Crippen LogP contribution < -0.4 is 0 Å². The summed E-state index contributed by atoms with van der Waals surface area (Å²) in [6.07, 6.45) is 0. The Kier molecular flexibility index (Phi) is 3.35. The van der Waals surface area contributed by atoms with Crippen molar-refractivity contribution in [1.82, 2.24) is 0 Å². The molecule has 2 nitrogen and oxygen atoms in total. The van der Waals surface area contributed by atoms with E-state index < -0.39 is 21.9 Å². The second-order valence-electron chi connectivity index (χ2n) is 1.78. The lowest BCUT2D eigenvalue weighted by Gasteiger charge is -2.29. The lowest BCUT2D eigenvalue weighted by Crippen LogP contribution is -2.41. The van der Waals surface area contributed by atoms with E-state index in [1.165, 1.54) is 0 Å². The first-order valence-electron chi connectivity index (χ1n) is 2.51. The highest BCUT2D eigenvalue weighted by Gasteiger charge is 2.38. The zero-order valence-corrected chi connectivity index (χ0v) is 7.66. The van der Waals surface area contributed by atoms with Gasteiger partial charge in [-0.15, -0.1) is 23.2 Å². The number of rotatable bonds is 0. The van der Waals surface area contributed by atoms with Crippen molar-refractivity contribution in [3.05, 3.63) is 0 Å². The van der Waals surface area contributed by atoms with Crippen molar-refractivity contribution < 1.29 is 9.78 Å². The van der Waals surface area contributed by atoms with Gasteiger partial charge in [0, 0.05) is 0 Å². The van der Waals surface area contributed by atoms with Crippen LogP contribution in [0.2, 0.25) is 0 Å². The van der Waals surface area contributed by atoms with Gasteiger partial charge in [-0.3, -0.25) is 0 Å². The molecule has 0 N–H and O–H groups in total. The second kappa shape index (κ2) is 3.65. The average molecular weight is 226 g/mol. The Morgan fingerprint density at radius 1 is 0.700 bits per heavy atom. The second-order valence-corrected chi connectivity index (χ2v) is 3.65. The number of alkyl halides is 4. The maximum atomic E-state index is 5.66. The highest BCUT2D eigenvalue weighted by Crippen LogP contribution is 2.30. The lowest BCUT2D eigenvalue weighted by molar-refractivity contribution is -0.334. The summed E-state index contributed by atoms with van der Waals surface area (Å²) in [4.78, 5) is 8.98. The highest BCUT2D eigenvalue weighted by molar-refractivity contribution is 6.37. The standard InChI is InChI=1S/C4H4Cl4O2/c5-1-2(6)4(8)10-9-3(1)7/h1-4H. The first-order valence-corrected chi connectivity index (χ1v) is 4.26. The molecule has 60 valence electrons. The molecule has 10 heavy (non-hydrogen) atoms. The molecule has 1 fully saturated rings. The molecule has 0 spiro atoms. The van der Waals surface area contributed by atoms with Crippen LogP contribution >= 0.6 is 46.4 Å². The molecule has 1 heterocycles. The molecule has 1 aliphatic rings. The van der Waals surface area contributed by atoms with E-state index in [1.807, 2.05) is 0 Å². The maximum Gasteiger partial charge on any atom is 0.184 e. The maximum absolute atomic E-state index is 5.66. The summed E-state index contributed by atoms with van der Waals surface area (Å²) in [5.41, 5.74) is -1.47. The summed E-state index contributed by atoms with van der Waals surface area (Å²) in [6.45, 7) is 0. The van der Waals surface area contributed by atoms with Crippen molar-refractivity contribution in [2.24, 2.45) is 0 Å². The smallest absolute Gasteiger partial charge is 0.184 e. The number of hydrogen-bond donors (Lipinski definition) is 0. The van der Waals surface area contributed by atoms with Crippen LogP contribution in [0.5, 0.6) is 0 Å². The van der Waals surface area contributed by atoms with Gasteiger partial charge in [0.05, 0.1) is 10.8 Å². The molecule has 0 amide bonds. The minimum absolute atomic E-state index is 0.528. The van der Waals surface area contributed by atoms with Crippen LogP contribution in [-0.4, -0.2) is 21.9 Å². The predicted octanol–water partition coefficient (Wildman–Crippen LogP) is 2.29. The lowest BCUT2D eigenvalue weighted by atomic mass is 10.3. The number of halogens is 4. The Hall–Kier alpha value is 1.08. The van der Waals surface area contributed by atoms with E-state index in [2.05, 4.69) is 9.78 Å². The molecule has 1 rings (SSSR count). The fourth-order valence-electron chi connectivity index (χ4n) is 0.501. The molecule has 1 saturated heterocycles. The summed E-state index contributed by atoms with van der Waals surface area (Å²) < 4.78 is 0. The van der Waals surface area contributed by atoms with Gasteiger partial charge in [-0.05, 0) is 0 Å². The summed E-state index contributed by atoms with van der Waals surface area (Å²) in [5.74, 6) is 0. The molecule has 1 aliphatic heterocycles. The molecule has 0 bridgehead atoms. The van der Waals surface area contributed by atoms with Gasteiger partial charge in [0.25, 0.3) is 0 Å². The Labute approximate surface area is 78.2 Å². The van der Waals surface area contributed by atoms with Crippen LogP contribution in [0, 0.1) is 0 Å². The third kappa shape index (κ3) is 1.81. The molecular formula is C4H4Cl4O2. The monoisotopic (exact) mass is 224 g/mol. The van der Waals surface area contributed by atoms with Crippen LogP contribution in [0.4, 0.5) is 0 Å². The first kappa shape index (κ1) is 9.17. The molecule has 0 aromatic heterocycles. The van der Waals surface area contributed by atoms with Gasteiger partial charge in [-0.25, -0.2) is 9.78 Å². The van der Waals surface area contributed by atoms with Crippen LogP contribution in [0.25, 0.3) is 0 Å². The van der Waals surface area contributed by atoms with E-state index >= 15 is 0 Å². The van der Waals surface area contributed by atoms with E-state index in [0.717, 1.165) is 0 Å². The fraction of sp³-hybridized carbons (Fsp3) is 1.00. The van der Waals surface area contributed by atoms with Crippen molar-refractivity contribution in [2.45, 2.75) is 21.9 Å². The van der Waals surface area contributed by atoms with Gasteiger partial charge in [-0.2, -0.15) is 0 Å². The van der Waals surface area contributed by atoms with E-state index in [9.17, 15) is 0 Å². The molecule has 4 atom stereocenters. The van der Waals surface area contributed by atoms with Gasteiger partial charge < -0.3 is 0 Å². The Bertz CT molecular complexity index is 108. The van der Waals surface area contributed by atoms with E-state index in [1.54, 1.807) is 0 Å². The minimum Gasteiger partial charge on any atom is -0.214 e. The Balaban J connectivity index is 2.52. The molecule has 0 aromatic rings. The van der Waals surface area contributed by atoms with Crippen LogP contribution in [0.1, 0.15) is 0 Å². The van der Waals surface area contributed by atoms with Crippen molar-refractivity contribution >= 4 is 46.4 Å². The van der Waals surface area contributed by atoms with Crippen LogP contribution in [0.15, 0.2) is 0 Å². The zero-order valence-electron chi connectivity index (χ0n) is 4.64. The average Bonchev–Trinajstić information content (AvgIpc) is 1.93. The van der Waals surface area contributed by atoms with Gasteiger partial charge in [-0.1, -0.05) is 23.2 Å². The van der Waals surface area contributed by atoms with Crippen molar-refractivity contribution in [3.63, 3.8) is 0 Å². The molecule has 0 aliphatic carbocycles. The van der Waals surface area contributed by atoms with Crippen molar-refractivity contribution in [3.8, 4) is 0 Å². The summed E-state index contributed by atoms with van der Waals surface area (Å²) >= 11 is 22.3. The van der Waals surface area contributed by atoms with Gasteiger partial charge in [0.2, 0.25) is 0 Å². The Morgan fingerprint density at radius 3 is 1.30 bits per heavy atom. The fourth-order valence-corrected chi connectivity index (χ4v) is 1.40. The van der Waals surface area contributed by atoms with Crippen molar-refractivity contribution in [1.29, 1.82) is 0 Å². The largest absolute Gasteiger partial charge is 0.214 e. The third-order valence-corrected chi connectivity index (χ3v) is 3.12. The van der Waals surface area contributed by atoms with E-state index in [-0.39, 0.29) is 0 Å². The quantitative estimate of drug-likeness (QED) is 0.466. The highest BCUT2D eigenvalue weighted by atomic mass is 35.5. The third-order valence-electron chi connectivity index (χ3n) is 1.04. The summed E-state index contributed by atoms with van der Waals surface area (Å²) in [6, 6.07) is 0. The number of hydrogen-bond acceptors (Lipinski definition) is 2. The summed E-state index contributed by atoms with van der Waals surface area (Å²) in [7, 11) is 0. The van der Waals surface area contributed by atoms with E-state index in [4.69, 9.17) is 46.4 Å². The molecule has 4 unspecified atom stereocenters. The molecule has 0 radical (unpaired) electrons. The SMILES string of the molecule is ClC1OOC(Cl)C(Cl)C1Cl. The zero-order chi connectivity index (χ0) is 7.72. The van der Waals surface area contributed by atoms with E-state index in [0.29, 0.717) is 0 Å². The van der Waals surface area contributed by atoms with Crippen molar-refractivity contribution in [2.75, 3.05) is 0 Å². The first-order chi connectivity index (χ1) is 4.63. The molecule has 6 heteroatoms. The van der Waals surface area contributed by atoms with Gasteiger partial charge >= 0.3 is 0 Å². The normalized spacial score (nSPS) is 49.2. The Morgan fingerprint density at radius 2 is 1.00 bits per heavy atom. The predicted molar refractivity (Wildman–Crippen MR) is 40.7 cm³/mol. The van der Waals surface area contributed by atoms with Gasteiger partial charge in [0.1, 0.15) is 0 Å². The minimum atomic E-state index is -0.737. The molecule has 0 saturated carbocycles. The topological polar surface area (TPSA) is 18.5 Å². The molecule has 0 aromatic carbocycles.